The summed E-state index contributed by atoms with van der Waals surface area (Å²) in [6.07, 6.45) is 3.32. The molecule has 6 rings (SSSR count). The van der Waals surface area contributed by atoms with Crippen molar-refractivity contribution in [2.24, 2.45) is 16.6 Å². The monoisotopic (exact) mass is 722 g/mol. The third-order valence-electron chi connectivity index (χ3n) is 8.42. The number of nitrogens with one attached hydrogen (secondary N) is 3. The van der Waals surface area contributed by atoms with E-state index in [1.807, 2.05) is 41.5 Å². The number of methoxy groups -OCH3 is 2. The van der Waals surface area contributed by atoms with Crippen molar-refractivity contribution in [3.63, 3.8) is 0 Å². The number of benzene rings is 2. The van der Waals surface area contributed by atoms with Crippen LogP contribution in [-0.2, 0) is 9.47 Å². The minimum Gasteiger partial charge on any atom is -0.464 e. The largest absolute Gasteiger partial charge is 0.464 e. The Balaban J connectivity index is 0.000000275. The second-order valence-corrected chi connectivity index (χ2v) is 14.2. The number of oxazole rings is 2. The molecule has 0 aliphatic heterocycles. The third-order valence-corrected chi connectivity index (χ3v) is 8.42. The van der Waals surface area contributed by atoms with E-state index < -0.39 is 18.0 Å². The highest BCUT2D eigenvalue weighted by Crippen LogP contribution is 2.39. The molecule has 0 radical (unpaired) electrons. The van der Waals surface area contributed by atoms with E-state index in [0.29, 0.717) is 33.3 Å². The molecule has 0 unspecified atom stereocenters. The Morgan fingerprint density at radius 2 is 1.21 bits per heavy atom. The molecule has 2 aromatic carbocycles. The summed E-state index contributed by atoms with van der Waals surface area (Å²) in [6.45, 7) is 12.0. The van der Waals surface area contributed by atoms with Gasteiger partial charge in [-0.15, -0.1) is 0 Å². The number of esters is 2. The number of halogens is 2. The normalized spacial score (nSPS) is 12.9. The topological polar surface area (TPSA) is 174 Å². The zero-order valence-corrected chi connectivity index (χ0v) is 30.0. The summed E-state index contributed by atoms with van der Waals surface area (Å²) in [5.74, 6) is -0.942. The van der Waals surface area contributed by atoms with Crippen molar-refractivity contribution in [3.05, 3.63) is 83.6 Å². The van der Waals surface area contributed by atoms with Gasteiger partial charge in [-0.3, -0.25) is 0 Å². The molecular weight excluding hydrogens is 674 g/mol. The van der Waals surface area contributed by atoms with Crippen LogP contribution in [0.1, 0.15) is 95.2 Å². The molecule has 0 amide bonds. The SMILES string of the molecule is C.CN[C@H](c1nc(C(=O)OC)c(-c2c[nH]c3ccc(F)cc23)o1)C(C)(C)C.COC(=O)c1nc([C@@H](N)C(C)(C)C)oc1-c1c[nH]c2ccc(F)cc12.[HH]. The van der Waals surface area contributed by atoms with E-state index in [2.05, 4.69) is 25.3 Å². The number of rotatable bonds is 7. The van der Waals surface area contributed by atoms with E-state index in [-0.39, 0.29) is 66.2 Å². The number of nitrogens with zero attached hydrogens (tertiary/aromatic N) is 2. The van der Waals surface area contributed by atoms with Gasteiger partial charge in [0.15, 0.2) is 22.9 Å². The minimum atomic E-state index is -0.642. The lowest BCUT2D eigenvalue weighted by molar-refractivity contribution is 0.0586. The molecule has 0 fully saturated rings. The maximum atomic E-state index is 13.7. The van der Waals surface area contributed by atoms with Gasteiger partial charge in [0.1, 0.15) is 11.6 Å². The van der Waals surface area contributed by atoms with Crippen molar-refractivity contribution >= 4 is 33.7 Å². The molecule has 0 spiro atoms. The molecule has 12 nitrogen and oxygen atoms in total. The maximum absolute atomic E-state index is 13.7. The van der Waals surface area contributed by atoms with Crippen molar-refractivity contribution in [2.75, 3.05) is 21.3 Å². The lowest BCUT2D eigenvalue weighted by Gasteiger charge is -2.27. The zero-order valence-electron chi connectivity index (χ0n) is 30.0. The van der Waals surface area contributed by atoms with E-state index in [4.69, 9.17) is 24.0 Å². The Labute approximate surface area is 302 Å². The van der Waals surface area contributed by atoms with Crippen molar-refractivity contribution in [1.29, 1.82) is 0 Å². The average molecular weight is 723 g/mol. The van der Waals surface area contributed by atoms with Crippen molar-refractivity contribution < 1.29 is 38.1 Å². The number of hydrogen-bond donors (Lipinski definition) is 4. The molecule has 0 saturated heterocycles. The van der Waals surface area contributed by atoms with Crippen molar-refractivity contribution in [3.8, 4) is 22.6 Å². The number of carbonyl (C=O) groups is 2. The van der Waals surface area contributed by atoms with Crippen LogP contribution in [0.4, 0.5) is 8.78 Å². The molecule has 4 heterocycles. The van der Waals surface area contributed by atoms with Crippen molar-refractivity contribution in [2.45, 2.75) is 61.1 Å². The summed E-state index contributed by atoms with van der Waals surface area (Å²) < 4.78 is 48.9. The quantitative estimate of drug-likeness (QED) is 0.117. The molecule has 2 atom stereocenters. The molecule has 280 valence electrons. The smallest absolute Gasteiger partial charge is 0.360 e. The summed E-state index contributed by atoms with van der Waals surface area (Å²) in [5.41, 5.74) is 8.30. The lowest BCUT2D eigenvalue weighted by atomic mass is 9.87. The van der Waals surface area contributed by atoms with E-state index in [1.54, 1.807) is 31.6 Å². The van der Waals surface area contributed by atoms with Crippen LogP contribution >= 0.6 is 0 Å². The zero-order chi connectivity index (χ0) is 37.4. The first-order valence-electron chi connectivity index (χ1n) is 16.1. The molecule has 0 aliphatic rings. The number of carbonyl (C=O) groups excluding carboxylic acids is 2. The molecule has 52 heavy (non-hydrogen) atoms. The van der Waals surface area contributed by atoms with Gasteiger partial charge in [-0.2, -0.15) is 0 Å². The summed E-state index contributed by atoms with van der Waals surface area (Å²) >= 11 is 0. The van der Waals surface area contributed by atoms with E-state index in [0.717, 1.165) is 5.52 Å². The van der Waals surface area contributed by atoms with Crippen LogP contribution in [0.25, 0.3) is 44.5 Å². The van der Waals surface area contributed by atoms with Gasteiger partial charge in [-0.05, 0) is 54.3 Å². The van der Waals surface area contributed by atoms with Crippen LogP contribution in [0.15, 0.2) is 57.6 Å². The molecule has 14 heteroatoms. The highest BCUT2D eigenvalue weighted by atomic mass is 19.1. The first kappa shape index (κ1) is 39.4. The van der Waals surface area contributed by atoms with Gasteiger partial charge >= 0.3 is 11.9 Å². The van der Waals surface area contributed by atoms with Crippen LogP contribution in [-0.4, -0.2) is 53.1 Å². The summed E-state index contributed by atoms with van der Waals surface area (Å²) in [7, 11) is 4.35. The average Bonchev–Trinajstić information content (AvgIpc) is 3.87. The van der Waals surface area contributed by atoms with E-state index >= 15 is 0 Å². The standard InChI is InChI=1S/C19H22FN3O3.C18H20FN3O3.CH4.H2/c1-19(2,3)16(21-4)17-23-14(18(24)25-5)15(26-17)12-9-22-13-7-6-10(20)8-11(12)13;1-18(2,3)15(20)16-22-13(17(23)24-4)14(25-16)11-8-21-12-6-5-9(19)7-10(11)12;;/h6-9,16,21-22H,1-5H3;5-8,15,21H,20H2,1-4H3;1H4;1H/t16-;15-;;/m11../s1. The van der Waals surface area contributed by atoms with Gasteiger partial charge in [-0.25, -0.2) is 28.3 Å². The molecule has 0 saturated carbocycles. The van der Waals surface area contributed by atoms with Gasteiger partial charge < -0.3 is 39.3 Å². The minimum absolute atomic E-state index is 0. The van der Waals surface area contributed by atoms with Gasteiger partial charge in [0.25, 0.3) is 0 Å². The summed E-state index contributed by atoms with van der Waals surface area (Å²) in [4.78, 5) is 39.1. The first-order chi connectivity index (χ1) is 24.0. The Morgan fingerprint density at radius 3 is 1.60 bits per heavy atom. The number of aromatic amines is 2. The van der Waals surface area contributed by atoms with Crippen LogP contribution in [0, 0.1) is 22.5 Å². The van der Waals surface area contributed by atoms with Gasteiger partial charge in [0.05, 0.1) is 26.3 Å². The van der Waals surface area contributed by atoms with Crippen LogP contribution in [0.2, 0.25) is 0 Å². The number of ether oxygens (including phenoxy) is 2. The fourth-order valence-electron chi connectivity index (χ4n) is 5.62. The number of H-pyrrole nitrogens is 2. The third kappa shape index (κ3) is 7.77. The Morgan fingerprint density at radius 1 is 0.788 bits per heavy atom. The maximum Gasteiger partial charge on any atom is 0.360 e. The molecule has 4 aromatic heterocycles. The van der Waals surface area contributed by atoms with Gasteiger partial charge in [-0.1, -0.05) is 49.0 Å². The summed E-state index contributed by atoms with van der Waals surface area (Å²) in [6, 6.07) is 7.99. The van der Waals surface area contributed by atoms with Crippen LogP contribution in [0.5, 0.6) is 0 Å². The molecule has 5 N–H and O–H groups in total. The van der Waals surface area contributed by atoms with Gasteiger partial charge in [0, 0.05) is 46.8 Å². The van der Waals surface area contributed by atoms with Crippen molar-refractivity contribution in [1.82, 2.24) is 25.3 Å². The molecule has 6 aromatic rings. The Kier molecular flexibility index (Phi) is 11.5. The van der Waals surface area contributed by atoms with E-state index in [9.17, 15) is 18.4 Å². The predicted octanol–water partition coefficient (Wildman–Crippen LogP) is 8.73. The highest BCUT2D eigenvalue weighted by molar-refractivity contribution is 6.02. The Bertz CT molecular complexity index is 2210. The number of aromatic nitrogens is 4. The number of fused-ring (bicyclic) bond motifs is 2. The summed E-state index contributed by atoms with van der Waals surface area (Å²) in [5, 5.41) is 4.36. The van der Waals surface area contributed by atoms with Crippen LogP contribution in [0.3, 0.4) is 0 Å². The molecule has 0 aliphatic carbocycles. The molecular formula is C38H48F2N6O6. The first-order valence-corrected chi connectivity index (χ1v) is 16.1. The predicted molar refractivity (Wildman–Crippen MR) is 197 cm³/mol. The highest BCUT2D eigenvalue weighted by Gasteiger charge is 2.34. The second-order valence-electron chi connectivity index (χ2n) is 14.2. The molecule has 0 bridgehead atoms. The second kappa shape index (κ2) is 15.1. The Hall–Kier alpha value is -5.34. The fraction of sp³-hybridized carbons (Fsp3) is 0.368. The van der Waals surface area contributed by atoms with Gasteiger partial charge in [0.2, 0.25) is 11.8 Å². The fourth-order valence-corrected chi connectivity index (χ4v) is 5.62. The van der Waals surface area contributed by atoms with E-state index in [1.165, 1.54) is 38.5 Å². The number of hydrogen-bond acceptors (Lipinski definition) is 10. The lowest BCUT2D eigenvalue weighted by Crippen LogP contribution is -2.30. The van der Waals surface area contributed by atoms with Crippen LogP contribution < -0.4 is 11.1 Å². The number of nitrogens with two attached hydrogens (primary N) is 1.